The van der Waals surface area contributed by atoms with Gasteiger partial charge in [-0.2, -0.15) is 0 Å². The van der Waals surface area contributed by atoms with E-state index in [2.05, 4.69) is 9.88 Å². The molecule has 2 heterocycles. The predicted octanol–water partition coefficient (Wildman–Crippen LogP) is 2.03. The van der Waals surface area contributed by atoms with Crippen molar-refractivity contribution in [3.63, 3.8) is 0 Å². The van der Waals surface area contributed by atoms with E-state index in [9.17, 15) is 5.11 Å². The van der Waals surface area contributed by atoms with E-state index >= 15 is 0 Å². The average Bonchev–Trinajstić information content (AvgIpc) is 3.06. The van der Waals surface area contributed by atoms with E-state index < -0.39 is 0 Å². The fourth-order valence-corrected chi connectivity index (χ4v) is 3.64. The molecule has 1 aliphatic carbocycles. The number of benzene rings is 1. The summed E-state index contributed by atoms with van der Waals surface area (Å²) in [6.45, 7) is 2.80. The molecule has 1 aromatic heterocycles. The first-order valence-electron chi connectivity index (χ1n) is 7.04. The Labute approximate surface area is 112 Å². The van der Waals surface area contributed by atoms with Gasteiger partial charge in [0, 0.05) is 19.0 Å². The van der Waals surface area contributed by atoms with Gasteiger partial charge in [-0.1, -0.05) is 12.1 Å². The second-order valence-corrected chi connectivity index (χ2v) is 5.84. The van der Waals surface area contributed by atoms with Gasteiger partial charge in [0.25, 0.3) is 0 Å². The van der Waals surface area contributed by atoms with Gasteiger partial charge in [-0.15, -0.1) is 0 Å². The minimum Gasteiger partial charge on any atom is -0.439 e. The Morgan fingerprint density at radius 3 is 3.00 bits per heavy atom. The number of aromatic nitrogens is 1. The van der Waals surface area contributed by atoms with Crippen molar-refractivity contribution in [2.24, 2.45) is 11.8 Å². The van der Waals surface area contributed by atoms with Crippen molar-refractivity contribution in [3.8, 4) is 0 Å². The molecule has 0 bridgehead atoms. The molecule has 100 valence electrons. The Bertz CT molecular complexity index is 562. The number of oxazole rings is 1. The maximum atomic E-state index is 9.93. The molecule has 1 saturated heterocycles. The standard InChI is InChI=1S/C15H18N2O2/c18-13-6-5-10-7-17(8-11(10)13)9-15-16-12-3-1-2-4-14(12)19-15/h1-4,10-11,13,18H,5-9H2. The second-order valence-electron chi connectivity index (χ2n) is 5.84. The van der Waals surface area contributed by atoms with Gasteiger partial charge in [0.2, 0.25) is 5.89 Å². The van der Waals surface area contributed by atoms with E-state index in [1.807, 2.05) is 24.3 Å². The Morgan fingerprint density at radius 1 is 1.26 bits per heavy atom. The van der Waals surface area contributed by atoms with Gasteiger partial charge in [-0.3, -0.25) is 4.90 Å². The van der Waals surface area contributed by atoms with Crippen LogP contribution in [0.25, 0.3) is 11.1 Å². The van der Waals surface area contributed by atoms with E-state index in [-0.39, 0.29) is 6.10 Å². The van der Waals surface area contributed by atoms with Crippen LogP contribution in [0, 0.1) is 11.8 Å². The fraction of sp³-hybridized carbons (Fsp3) is 0.533. The van der Waals surface area contributed by atoms with Crippen LogP contribution in [0.4, 0.5) is 0 Å². The lowest BCUT2D eigenvalue weighted by Gasteiger charge is -2.15. The highest BCUT2D eigenvalue weighted by molar-refractivity contribution is 5.72. The normalized spacial score (nSPS) is 31.1. The molecule has 4 rings (SSSR count). The third kappa shape index (κ3) is 1.95. The number of aliphatic hydroxyl groups excluding tert-OH is 1. The maximum absolute atomic E-state index is 9.93. The number of fused-ring (bicyclic) bond motifs is 2. The first kappa shape index (κ1) is 11.4. The van der Waals surface area contributed by atoms with Gasteiger partial charge >= 0.3 is 0 Å². The molecule has 3 unspecified atom stereocenters. The van der Waals surface area contributed by atoms with Crippen LogP contribution in [0.1, 0.15) is 18.7 Å². The van der Waals surface area contributed by atoms with Crippen molar-refractivity contribution in [3.05, 3.63) is 30.2 Å². The zero-order chi connectivity index (χ0) is 12.8. The van der Waals surface area contributed by atoms with Crippen LogP contribution in [-0.4, -0.2) is 34.2 Å². The third-order valence-corrected chi connectivity index (χ3v) is 4.59. The lowest BCUT2D eigenvalue weighted by atomic mass is 10.00. The molecular weight excluding hydrogens is 240 g/mol. The molecule has 3 atom stereocenters. The topological polar surface area (TPSA) is 49.5 Å². The van der Waals surface area contributed by atoms with Gasteiger partial charge < -0.3 is 9.52 Å². The number of para-hydroxylation sites is 2. The van der Waals surface area contributed by atoms with Gasteiger partial charge in [0.05, 0.1) is 12.6 Å². The van der Waals surface area contributed by atoms with Crippen LogP contribution >= 0.6 is 0 Å². The third-order valence-electron chi connectivity index (χ3n) is 4.59. The molecule has 1 saturated carbocycles. The van der Waals surface area contributed by atoms with E-state index in [0.29, 0.717) is 11.8 Å². The SMILES string of the molecule is OC1CCC2CN(Cc3nc4ccccc4o3)CC12. The molecule has 0 radical (unpaired) electrons. The van der Waals surface area contributed by atoms with Gasteiger partial charge in [-0.25, -0.2) is 4.98 Å². The van der Waals surface area contributed by atoms with Gasteiger partial charge in [-0.05, 0) is 30.9 Å². The summed E-state index contributed by atoms with van der Waals surface area (Å²) in [5.74, 6) is 1.92. The molecule has 2 aliphatic rings. The van der Waals surface area contributed by atoms with Crippen molar-refractivity contribution in [2.45, 2.75) is 25.5 Å². The Kier molecular flexibility index (Phi) is 2.60. The lowest BCUT2D eigenvalue weighted by molar-refractivity contribution is 0.122. The molecule has 1 aliphatic heterocycles. The monoisotopic (exact) mass is 258 g/mol. The maximum Gasteiger partial charge on any atom is 0.209 e. The minimum atomic E-state index is -0.0985. The quantitative estimate of drug-likeness (QED) is 0.895. The van der Waals surface area contributed by atoms with Crippen LogP contribution in [0.2, 0.25) is 0 Å². The molecule has 2 fully saturated rings. The Balaban J connectivity index is 1.50. The van der Waals surface area contributed by atoms with Gasteiger partial charge in [0.1, 0.15) is 5.52 Å². The smallest absolute Gasteiger partial charge is 0.209 e. The number of aliphatic hydroxyl groups is 1. The van der Waals surface area contributed by atoms with Crippen molar-refractivity contribution in [2.75, 3.05) is 13.1 Å². The summed E-state index contributed by atoms with van der Waals surface area (Å²) in [7, 11) is 0. The van der Waals surface area contributed by atoms with Crippen LogP contribution < -0.4 is 0 Å². The fourth-order valence-electron chi connectivity index (χ4n) is 3.64. The van der Waals surface area contributed by atoms with Crippen molar-refractivity contribution in [1.82, 2.24) is 9.88 Å². The first-order valence-corrected chi connectivity index (χ1v) is 7.04. The van der Waals surface area contributed by atoms with Crippen LogP contribution in [-0.2, 0) is 6.54 Å². The molecule has 0 amide bonds. The van der Waals surface area contributed by atoms with Crippen molar-refractivity contribution in [1.29, 1.82) is 0 Å². The number of rotatable bonds is 2. The summed E-state index contributed by atoms with van der Waals surface area (Å²) in [5, 5.41) is 9.93. The molecule has 2 aromatic rings. The van der Waals surface area contributed by atoms with E-state index in [0.717, 1.165) is 49.5 Å². The zero-order valence-corrected chi connectivity index (χ0v) is 10.8. The van der Waals surface area contributed by atoms with Crippen LogP contribution in [0.3, 0.4) is 0 Å². The van der Waals surface area contributed by atoms with E-state index in [1.54, 1.807) is 0 Å². The number of hydrogen-bond acceptors (Lipinski definition) is 4. The van der Waals surface area contributed by atoms with Crippen molar-refractivity contribution >= 4 is 11.1 Å². The summed E-state index contributed by atoms with van der Waals surface area (Å²) in [6.07, 6.45) is 2.04. The largest absolute Gasteiger partial charge is 0.439 e. The highest BCUT2D eigenvalue weighted by Gasteiger charge is 2.41. The summed E-state index contributed by atoms with van der Waals surface area (Å²) in [5.41, 5.74) is 1.79. The van der Waals surface area contributed by atoms with Crippen LogP contribution in [0.5, 0.6) is 0 Å². The summed E-state index contributed by atoms with van der Waals surface area (Å²) in [6, 6.07) is 7.87. The molecule has 1 aromatic carbocycles. The number of hydrogen-bond donors (Lipinski definition) is 1. The van der Waals surface area contributed by atoms with Gasteiger partial charge in [0.15, 0.2) is 5.58 Å². The minimum absolute atomic E-state index is 0.0985. The average molecular weight is 258 g/mol. The van der Waals surface area contributed by atoms with Crippen LogP contribution in [0.15, 0.2) is 28.7 Å². The number of likely N-dealkylation sites (tertiary alicyclic amines) is 1. The van der Waals surface area contributed by atoms with E-state index in [1.165, 1.54) is 0 Å². The summed E-state index contributed by atoms with van der Waals surface area (Å²) in [4.78, 5) is 6.88. The molecular formula is C15H18N2O2. The lowest BCUT2D eigenvalue weighted by Crippen LogP contribution is -2.24. The summed E-state index contributed by atoms with van der Waals surface area (Å²) < 4.78 is 5.76. The molecule has 4 heteroatoms. The Morgan fingerprint density at radius 2 is 2.16 bits per heavy atom. The highest BCUT2D eigenvalue weighted by atomic mass is 16.3. The molecule has 19 heavy (non-hydrogen) atoms. The molecule has 0 spiro atoms. The predicted molar refractivity (Wildman–Crippen MR) is 71.5 cm³/mol. The van der Waals surface area contributed by atoms with E-state index in [4.69, 9.17) is 4.42 Å². The Hall–Kier alpha value is -1.39. The second kappa shape index (κ2) is 4.32. The first-order chi connectivity index (χ1) is 9.29. The van der Waals surface area contributed by atoms with Crippen molar-refractivity contribution < 1.29 is 9.52 Å². The molecule has 1 N–H and O–H groups in total. The highest BCUT2D eigenvalue weighted by Crippen LogP contribution is 2.38. The number of nitrogens with zero attached hydrogens (tertiary/aromatic N) is 2. The zero-order valence-electron chi connectivity index (χ0n) is 10.8. The summed E-state index contributed by atoms with van der Waals surface area (Å²) >= 11 is 0. The molecule has 4 nitrogen and oxygen atoms in total.